The number of anilines is 3. The van der Waals surface area contributed by atoms with Crippen LogP contribution in [0.5, 0.6) is 5.75 Å². The van der Waals surface area contributed by atoms with Crippen LogP contribution >= 0.6 is 0 Å². The van der Waals surface area contributed by atoms with E-state index >= 15 is 0 Å². The molecule has 1 aliphatic carbocycles. The summed E-state index contributed by atoms with van der Waals surface area (Å²) >= 11 is 0. The van der Waals surface area contributed by atoms with Crippen LogP contribution in [-0.2, 0) is 24.2 Å². The van der Waals surface area contributed by atoms with E-state index in [2.05, 4.69) is 10.3 Å². The zero-order valence-corrected chi connectivity index (χ0v) is 16.3. The second-order valence-electron chi connectivity index (χ2n) is 7.46. The van der Waals surface area contributed by atoms with Gasteiger partial charge in [0.25, 0.3) is 0 Å². The quantitative estimate of drug-likeness (QED) is 0.736. The molecule has 2 aromatic carbocycles. The van der Waals surface area contributed by atoms with Crippen LogP contribution in [0.2, 0.25) is 0 Å². The van der Waals surface area contributed by atoms with E-state index in [1.807, 2.05) is 60.4 Å². The van der Waals surface area contributed by atoms with Gasteiger partial charge in [0.05, 0.1) is 11.4 Å². The third-order valence-corrected chi connectivity index (χ3v) is 5.36. The summed E-state index contributed by atoms with van der Waals surface area (Å²) in [5.74, 6) is 2.27. The Balaban J connectivity index is 1.47. The number of hydrogen-bond donors (Lipinski definition) is 1. The largest absolute Gasteiger partial charge is 0.489 e. The Hall–Kier alpha value is -3.41. The minimum Gasteiger partial charge on any atom is -0.489 e. The molecule has 2 heterocycles. The highest BCUT2D eigenvalue weighted by Crippen LogP contribution is 2.40. The number of aryl methyl sites for hydroxylation is 2. The standard InChI is InChI=1S/C23H22N4O2/c1-15-24-19-9-5-8-18(19)23(25-15)27-13-22(28)26-20-12-17(10-11-21(20)27)29-14-16-6-3-2-4-7-16/h2-4,6-7,10-12H,5,8-9,13-14H2,1H3,(H,26,28). The molecule has 3 aromatic rings. The Morgan fingerprint density at radius 1 is 1.10 bits per heavy atom. The van der Waals surface area contributed by atoms with Gasteiger partial charge in [-0.3, -0.25) is 4.79 Å². The van der Waals surface area contributed by atoms with Gasteiger partial charge in [0.2, 0.25) is 5.91 Å². The number of fused-ring (bicyclic) bond motifs is 2. The summed E-state index contributed by atoms with van der Waals surface area (Å²) in [4.78, 5) is 23.8. The number of nitrogens with one attached hydrogen (secondary N) is 1. The fraction of sp³-hybridized carbons (Fsp3) is 0.261. The first-order valence-corrected chi connectivity index (χ1v) is 9.92. The summed E-state index contributed by atoms with van der Waals surface area (Å²) in [6.07, 6.45) is 3.02. The third-order valence-electron chi connectivity index (χ3n) is 5.36. The summed E-state index contributed by atoms with van der Waals surface area (Å²) in [6.45, 7) is 2.64. The first-order valence-electron chi connectivity index (χ1n) is 9.92. The number of rotatable bonds is 4. The second kappa shape index (κ2) is 7.20. The Labute approximate surface area is 169 Å². The molecule has 146 valence electrons. The second-order valence-corrected chi connectivity index (χ2v) is 7.46. The van der Waals surface area contributed by atoms with Crippen molar-refractivity contribution in [2.45, 2.75) is 32.8 Å². The molecule has 5 rings (SSSR count). The van der Waals surface area contributed by atoms with Crippen molar-refractivity contribution < 1.29 is 9.53 Å². The average molecular weight is 386 g/mol. The maximum atomic E-state index is 12.4. The third kappa shape index (κ3) is 3.42. The van der Waals surface area contributed by atoms with E-state index in [0.717, 1.165) is 59.3 Å². The monoisotopic (exact) mass is 386 g/mol. The van der Waals surface area contributed by atoms with Gasteiger partial charge < -0.3 is 15.0 Å². The van der Waals surface area contributed by atoms with Crippen molar-refractivity contribution in [3.8, 4) is 5.75 Å². The molecule has 0 radical (unpaired) electrons. The molecule has 0 fully saturated rings. The fourth-order valence-electron chi connectivity index (χ4n) is 4.05. The molecule has 29 heavy (non-hydrogen) atoms. The maximum Gasteiger partial charge on any atom is 0.244 e. The van der Waals surface area contributed by atoms with E-state index in [0.29, 0.717) is 6.61 Å². The molecule has 0 saturated heterocycles. The number of hydrogen-bond acceptors (Lipinski definition) is 5. The summed E-state index contributed by atoms with van der Waals surface area (Å²) in [5, 5.41) is 2.98. The molecule has 1 aliphatic heterocycles. The SMILES string of the molecule is Cc1nc2c(c(N3CC(=O)Nc4cc(OCc5ccccc5)ccc43)n1)CCC2. The molecule has 2 aliphatic rings. The highest BCUT2D eigenvalue weighted by atomic mass is 16.5. The smallest absolute Gasteiger partial charge is 0.244 e. The van der Waals surface area contributed by atoms with Crippen LogP contribution in [0.1, 0.15) is 29.1 Å². The van der Waals surface area contributed by atoms with Gasteiger partial charge in [-0.25, -0.2) is 9.97 Å². The normalized spacial score (nSPS) is 14.9. The molecule has 0 atom stereocenters. The number of carbonyl (C=O) groups excluding carboxylic acids is 1. The van der Waals surface area contributed by atoms with Crippen LogP contribution in [0.4, 0.5) is 17.2 Å². The fourth-order valence-corrected chi connectivity index (χ4v) is 4.05. The molecule has 6 nitrogen and oxygen atoms in total. The van der Waals surface area contributed by atoms with E-state index < -0.39 is 0 Å². The summed E-state index contributed by atoms with van der Waals surface area (Å²) in [6, 6.07) is 15.8. The lowest BCUT2D eigenvalue weighted by atomic mass is 10.1. The van der Waals surface area contributed by atoms with Crippen molar-refractivity contribution >= 4 is 23.1 Å². The van der Waals surface area contributed by atoms with Gasteiger partial charge >= 0.3 is 0 Å². The minimum atomic E-state index is -0.0549. The molecular formula is C23H22N4O2. The Bertz CT molecular complexity index is 1080. The molecular weight excluding hydrogens is 364 g/mol. The molecule has 1 amide bonds. The lowest BCUT2D eigenvalue weighted by Crippen LogP contribution is -2.36. The predicted octanol–water partition coefficient (Wildman–Crippen LogP) is 3.94. The highest BCUT2D eigenvalue weighted by molar-refractivity contribution is 6.03. The van der Waals surface area contributed by atoms with Gasteiger partial charge in [-0.1, -0.05) is 30.3 Å². The van der Waals surface area contributed by atoms with Crippen LogP contribution < -0.4 is 15.0 Å². The Morgan fingerprint density at radius 3 is 2.83 bits per heavy atom. The molecule has 0 spiro atoms. The molecule has 6 heteroatoms. The van der Waals surface area contributed by atoms with Crippen LogP contribution in [0.3, 0.4) is 0 Å². The van der Waals surface area contributed by atoms with Crippen molar-refractivity contribution in [3.05, 3.63) is 71.2 Å². The highest BCUT2D eigenvalue weighted by Gasteiger charge is 2.29. The van der Waals surface area contributed by atoms with Crippen molar-refractivity contribution in [1.82, 2.24) is 9.97 Å². The zero-order valence-electron chi connectivity index (χ0n) is 16.3. The van der Waals surface area contributed by atoms with Gasteiger partial charge in [0, 0.05) is 17.3 Å². The first kappa shape index (κ1) is 17.7. The molecule has 1 N–H and O–H groups in total. The molecule has 0 saturated carbocycles. The van der Waals surface area contributed by atoms with Gasteiger partial charge in [-0.2, -0.15) is 0 Å². The number of ether oxygens (including phenoxy) is 1. The van der Waals surface area contributed by atoms with Crippen LogP contribution in [0, 0.1) is 6.92 Å². The number of benzene rings is 2. The minimum absolute atomic E-state index is 0.0549. The van der Waals surface area contributed by atoms with Crippen molar-refractivity contribution in [2.75, 3.05) is 16.8 Å². The lowest BCUT2D eigenvalue weighted by molar-refractivity contribution is -0.115. The Morgan fingerprint density at radius 2 is 1.97 bits per heavy atom. The van der Waals surface area contributed by atoms with E-state index in [-0.39, 0.29) is 12.5 Å². The van der Waals surface area contributed by atoms with E-state index in [1.54, 1.807) is 0 Å². The predicted molar refractivity (Wildman–Crippen MR) is 112 cm³/mol. The van der Waals surface area contributed by atoms with Gasteiger partial charge in [0.15, 0.2) is 0 Å². The van der Waals surface area contributed by atoms with Gasteiger partial charge in [-0.15, -0.1) is 0 Å². The summed E-state index contributed by atoms with van der Waals surface area (Å²) in [5.41, 5.74) is 5.06. The zero-order chi connectivity index (χ0) is 19.8. The maximum absolute atomic E-state index is 12.4. The van der Waals surface area contributed by atoms with Crippen molar-refractivity contribution in [2.24, 2.45) is 0 Å². The number of amides is 1. The van der Waals surface area contributed by atoms with Crippen LogP contribution in [-0.4, -0.2) is 22.4 Å². The average Bonchev–Trinajstić information content (AvgIpc) is 3.20. The number of nitrogens with zero attached hydrogens (tertiary/aromatic N) is 3. The van der Waals surface area contributed by atoms with E-state index in [1.165, 1.54) is 5.56 Å². The van der Waals surface area contributed by atoms with Crippen molar-refractivity contribution in [1.29, 1.82) is 0 Å². The molecule has 1 aromatic heterocycles. The van der Waals surface area contributed by atoms with Gasteiger partial charge in [0.1, 0.15) is 30.5 Å². The van der Waals surface area contributed by atoms with Gasteiger partial charge in [-0.05, 0) is 43.9 Å². The Kier molecular flexibility index (Phi) is 4.39. The first-order chi connectivity index (χ1) is 14.2. The van der Waals surface area contributed by atoms with E-state index in [4.69, 9.17) is 9.72 Å². The lowest BCUT2D eigenvalue weighted by Gasteiger charge is -2.31. The van der Waals surface area contributed by atoms with Crippen molar-refractivity contribution in [3.63, 3.8) is 0 Å². The molecule has 0 bridgehead atoms. The molecule has 0 unspecified atom stereocenters. The topological polar surface area (TPSA) is 67.4 Å². The number of aromatic nitrogens is 2. The van der Waals surface area contributed by atoms with Crippen LogP contribution in [0.15, 0.2) is 48.5 Å². The number of carbonyl (C=O) groups is 1. The van der Waals surface area contributed by atoms with Crippen LogP contribution in [0.25, 0.3) is 0 Å². The summed E-state index contributed by atoms with van der Waals surface area (Å²) in [7, 11) is 0. The summed E-state index contributed by atoms with van der Waals surface area (Å²) < 4.78 is 5.93. The van der Waals surface area contributed by atoms with E-state index in [9.17, 15) is 4.79 Å².